The molecule has 0 aromatic heterocycles. The van der Waals surface area contributed by atoms with Gasteiger partial charge in [-0.3, -0.25) is 0 Å². The van der Waals surface area contributed by atoms with Crippen LogP contribution >= 0.6 is 34.8 Å². The summed E-state index contributed by atoms with van der Waals surface area (Å²) in [6, 6.07) is 13.9. The molecule has 1 N–H and O–H groups in total. The average molecular weight is 343 g/mol. The van der Waals surface area contributed by atoms with Crippen LogP contribution in [-0.2, 0) is 12.8 Å². The van der Waals surface area contributed by atoms with Crippen molar-refractivity contribution in [2.45, 2.75) is 25.8 Å². The van der Waals surface area contributed by atoms with Crippen molar-refractivity contribution < 1.29 is 0 Å². The highest BCUT2D eigenvalue weighted by molar-refractivity contribution is 6.36. The molecule has 2 aromatic carbocycles. The molecule has 21 heavy (non-hydrogen) atoms. The second kappa shape index (κ2) is 8.05. The first-order valence-corrected chi connectivity index (χ1v) is 8.14. The molecule has 0 saturated heterocycles. The van der Waals surface area contributed by atoms with Gasteiger partial charge in [-0.1, -0.05) is 59.9 Å². The molecule has 4 heteroatoms. The molecule has 0 spiro atoms. The molecule has 2 rings (SSSR count). The Bertz CT molecular complexity index is 561. The number of hydrogen-bond donors (Lipinski definition) is 1. The van der Waals surface area contributed by atoms with Gasteiger partial charge < -0.3 is 5.32 Å². The minimum Gasteiger partial charge on any atom is -0.314 e. The van der Waals surface area contributed by atoms with Crippen LogP contribution in [0.15, 0.2) is 42.5 Å². The average Bonchev–Trinajstić information content (AvgIpc) is 2.45. The molecule has 0 heterocycles. The van der Waals surface area contributed by atoms with E-state index in [0.29, 0.717) is 0 Å². The lowest BCUT2D eigenvalue weighted by Gasteiger charge is -2.19. The van der Waals surface area contributed by atoms with Gasteiger partial charge in [-0.25, -0.2) is 0 Å². The van der Waals surface area contributed by atoms with Gasteiger partial charge >= 0.3 is 0 Å². The third-order valence-corrected chi connectivity index (χ3v) is 4.36. The van der Waals surface area contributed by atoms with Crippen molar-refractivity contribution in [1.29, 1.82) is 0 Å². The third-order valence-electron chi connectivity index (χ3n) is 3.40. The fourth-order valence-corrected chi connectivity index (χ4v) is 3.06. The van der Waals surface area contributed by atoms with E-state index < -0.39 is 0 Å². The molecule has 2 aromatic rings. The molecule has 0 aliphatic rings. The lowest BCUT2D eigenvalue weighted by atomic mass is 9.99. The number of likely N-dealkylation sites (N-methyl/N-ethyl adjacent to an activating group) is 1. The quantitative estimate of drug-likeness (QED) is 0.740. The van der Waals surface area contributed by atoms with Crippen LogP contribution in [0.3, 0.4) is 0 Å². The van der Waals surface area contributed by atoms with E-state index in [1.165, 1.54) is 5.56 Å². The molecule has 0 radical (unpaired) electrons. The van der Waals surface area contributed by atoms with Crippen LogP contribution < -0.4 is 5.32 Å². The standard InChI is InChI=1S/C17H18Cl3N/c1-2-21-14(10-12-6-8-13(18)9-7-12)11-15-16(19)4-3-5-17(15)20/h3-9,14,21H,2,10-11H2,1H3. The summed E-state index contributed by atoms with van der Waals surface area (Å²) in [5.41, 5.74) is 2.24. The molecule has 112 valence electrons. The predicted octanol–water partition coefficient (Wildman–Crippen LogP) is 5.41. The molecule has 1 nitrogen and oxygen atoms in total. The van der Waals surface area contributed by atoms with Crippen LogP contribution in [0.1, 0.15) is 18.1 Å². The Morgan fingerprint density at radius 2 is 1.52 bits per heavy atom. The normalized spacial score (nSPS) is 12.4. The van der Waals surface area contributed by atoms with E-state index >= 15 is 0 Å². The zero-order valence-electron chi connectivity index (χ0n) is 11.9. The molecule has 0 aliphatic carbocycles. The highest BCUT2D eigenvalue weighted by Crippen LogP contribution is 2.26. The molecule has 0 amide bonds. The van der Waals surface area contributed by atoms with Crippen LogP contribution in [0.5, 0.6) is 0 Å². The lowest BCUT2D eigenvalue weighted by Crippen LogP contribution is -2.33. The smallest absolute Gasteiger partial charge is 0.0453 e. The lowest BCUT2D eigenvalue weighted by molar-refractivity contribution is 0.521. The topological polar surface area (TPSA) is 12.0 Å². The third kappa shape index (κ3) is 4.89. The molecule has 0 bridgehead atoms. The van der Waals surface area contributed by atoms with Gasteiger partial charge in [0.25, 0.3) is 0 Å². The van der Waals surface area contributed by atoms with Crippen LogP contribution in [-0.4, -0.2) is 12.6 Å². The van der Waals surface area contributed by atoms with Crippen molar-refractivity contribution in [2.24, 2.45) is 0 Å². The van der Waals surface area contributed by atoms with Crippen molar-refractivity contribution >= 4 is 34.8 Å². The first kappa shape index (κ1) is 16.6. The Morgan fingerprint density at radius 1 is 0.905 bits per heavy atom. The van der Waals surface area contributed by atoms with Gasteiger partial charge in [0.05, 0.1) is 0 Å². The molecule has 1 unspecified atom stereocenters. The molecule has 1 atom stereocenters. The van der Waals surface area contributed by atoms with E-state index in [2.05, 4.69) is 24.4 Å². The Balaban J connectivity index is 2.13. The SMILES string of the molecule is CCNC(Cc1ccc(Cl)cc1)Cc1c(Cl)cccc1Cl. The Kier molecular flexibility index (Phi) is 6.38. The van der Waals surface area contributed by atoms with E-state index in [4.69, 9.17) is 34.8 Å². The van der Waals surface area contributed by atoms with Crippen molar-refractivity contribution in [3.63, 3.8) is 0 Å². The Hall–Kier alpha value is -0.730. The first-order valence-electron chi connectivity index (χ1n) is 7.01. The van der Waals surface area contributed by atoms with E-state index in [-0.39, 0.29) is 6.04 Å². The fraction of sp³-hybridized carbons (Fsp3) is 0.294. The van der Waals surface area contributed by atoms with Gasteiger partial charge in [-0.05, 0) is 54.8 Å². The highest BCUT2D eigenvalue weighted by atomic mass is 35.5. The van der Waals surface area contributed by atoms with Gasteiger partial charge in [0.2, 0.25) is 0 Å². The summed E-state index contributed by atoms with van der Waals surface area (Å²) in [4.78, 5) is 0. The molecule has 0 saturated carbocycles. The number of halogens is 3. The van der Waals surface area contributed by atoms with Crippen LogP contribution in [0.4, 0.5) is 0 Å². The zero-order valence-corrected chi connectivity index (χ0v) is 14.1. The molecular formula is C17H18Cl3N. The maximum Gasteiger partial charge on any atom is 0.0453 e. The highest BCUT2D eigenvalue weighted by Gasteiger charge is 2.14. The summed E-state index contributed by atoms with van der Waals surface area (Å²) < 4.78 is 0. The first-order chi connectivity index (χ1) is 10.1. The van der Waals surface area contributed by atoms with E-state index in [1.54, 1.807) is 0 Å². The van der Waals surface area contributed by atoms with E-state index in [0.717, 1.165) is 40.0 Å². The zero-order chi connectivity index (χ0) is 15.2. The summed E-state index contributed by atoms with van der Waals surface area (Å²) in [6.07, 6.45) is 1.71. The summed E-state index contributed by atoms with van der Waals surface area (Å²) in [6.45, 7) is 3.00. The van der Waals surface area contributed by atoms with Gasteiger partial charge in [0.1, 0.15) is 0 Å². The minimum atomic E-state index is 0.286. The number of rotatable bonds is 6. The van der Waals surface area contributed by atoms with Crippen molar-refractivity contribution in [1.82, 2.24) is 5.32 Å². The molecule has 0 aliphatic heterocycles. The van der Waals surface area contributed by atoms with Crippen molar-refractivity contribution in [3.05, 3.63) is 68.7 Å². The van der Waals surface area contributed by atoms with Gasteiger partial charge in [0.15, 0.2) is 0 Å². The summed E-state index contributed by atoms with van der Waals surface area (Å²) >= 11 is 18.5. The van der Waals surface area contributed by atoms with Crippen LogP contribution in [0.2, 0.25) is 15.1 Å². The fourth-order valence-electron chi connectivity index (χ4n) is 2.38. The van der Waals surface area contributed by atoms with Gasteiger partial charge in [-0.15, -0.1) is 0 Å². The maximum atomic E-state index is 6.27. The molecular weight excluding hydrogens is 325 g/mol. The number of benzene rings is 2. The summed E-state index contributed by atoms with van der Waals surface area (Å²) in [5, 5.41) is 5.70. The number of hydrogen-bond acceptors (Lipinski definition) is 1. The van der Waals surface area contributed by atoms with E-state index in [1.807, 2.05) is 30.3 Å². The second-order valence-electron chi connectivity index (χ2n) is 4.99. The van der Waals surface area contributed by atoms with Crippen LogP contribution in [0, 0.1) is 0 Å². The van der Waals surface area contributed by atoms with Crippen molar-refractivity contribution in [2.75, 3.05) is 6.54 Å². The van der Waals surface area contributed by atoms with E-state index in [9.17, 15) is 0 Å². The summed E-state index contributed by atoms with van der Waals surface area (Å²) in [7, 11) is 0. The molecule has 0 fully saturated rings. The van der Waals surface area contributed by atoms with Crippen LogP contribution in [0.25, 0.3) is 0 Å². The Labute approximate surface area is 141 Å². The maximum absolute atomic E-state index is 6.27. The summed E-state index contributed by atoms with van der Waals surface area (Å²) in [5.74, 6) is 0. The largest absolute Gasteiger partial charge is 0.314 e. The van der Waals surface area contributed by atoms with Gasteiger partial charge in [-0.2, -0.15) is 0 Å². The second-order valence-corrected chi connectivity index (χ2v) is 6.24. The van der Waals surface area contributed by atoms with Gasteiger partial charge in [0, 0.05) is 21.1 Å². The Morgan fingerprint density at radius 3 is 2.10 bits per heavy atom. The number of nitrogens with one attached hydrogen (secondary N) is 1. The predicted molar refractivity (Wildman–Crippen MR) is 92.8 cm³/mol. The monoisotopic (exact) mass is 341 g/mol. The minimum absolute atomic E-state index is 0.286. The van der Waals surface area contributed by atoms with Crippen molar-refractivity contribution in [3.8, 4) is 0 Å².